The van der Waals surface area contributed by atoms with Gasteiger partial charge in [0.15, 0.2) is 11.6 Å². The topological polar surface area (TPSA) is 132 Å². The zero-order chi connectivity index (χ0) is 27.4. The van der Waals surface area contributed by atoms with Crippen molar-refractivity contribution < 1.29 is 18.7 Å². The summed E-state index contributed by atoms with van der Waals surface area (Å²) in [6, 6.07) is 5.66. The SMILES string of the molecule is Cc1c(-c2cc3cc(Nc4cc5n(n4)CC(=O)N(C4CCOC4)CC5)ncc3c(N)c2F)cnc2c1NCCO2. The number of pyridine rings is 2. The fourth-order valence-corrected chi connectivity index (χ4v) is 5.77. The lowest BCUT2D eigenvalue weighted by atomic mass is 9.97. The van der Waals surface area contributed by atoms with Gasteiger partial charge in [-0.2, -0.15) is 5.10 Å². The molecule has 0 bridgehead atoms. The summed E-state index contributed by atoms with van der Waals surface area (Å²) >= 11 is 0. The number of nitrogens with one attached hydrogen (secondary N) is 2. The van der Waals surface area contributed by atoms with E-state index < -0.39 is 5.82 Å². The maximum absolute atomic E-state index is 15.5. The van der Waals surface area contributed by atoms with Crippen molar-refractivity contribution in [2.75, 3.05) is 49.3 Å². The smallest absolute Gasteiger partial charge is 0.244 e. The van der Waals surface area contributed by atoms with E-state index in [9.17, 15) is 4.79 Å². The number of anilines is 4. The first-order chi connectivity index (χ1) is 19.5. The van der Waals surface area contributed by atoms with Crippen molar-refractivity contribution in [3.05, 3.63) is 47.7 Å². The van der Waals surface area contributed by atoms with E-state index in [1.807, 2.05) is 24.0 Å². The third kappa shape index (κ3) is 4.15. The molecule has 0 radical (unpaired) electrons. The van der Waals surface area contributed by atoms with E-state index >= 15 is 4.39 Å². The monoisotopic (exact) mass is 544 g/mol. The number of hydrogen-bond donors (Lipinski definition) is 3. The highest BCUT2D eigenvalue weighted by Crippen LogP contribution is 2.39. The number of nitrogen functional groups attached to an aromatic ring is 1. The van der Waals surface area contributed by atoms with Gasteiger partial charge in [-0.15, -0.1) is 0 Å². The maximum atomic E-state index is 15.5. The van der Waals surface area contributed by atoms with Crippen LogP contribution in [0.2, 0.25) is 0 Å². The van der Waals surface area contributed by atoms with Gasteiger partial charge >= 0.3 is 0 Å². The first-order valence-corrected chi connectivity index (χ1v) is 13.4. The normalized spacial score (nSPS) is 18.6. The number of nitrogens with zero attached hydrogens (tertiary/aromatic N) is 5. The number of ether oxygens (including phenoxy) is 2. The largest absolute Gasteiger partial charge is 0.474 e. The van der Waals surface area contributed by atoms with Crippen LogP contribution in [0.3, 0.4) is 0 Å². The summed E-state index contributed by atoms with van der Waals surface area (Å²) in [7, 11) is 0. The first kappa shape index (κ1) is 24.6. The second-order valence-corrected chi connectivity index (χ2v) is 10.4. The Kier molecular flexibility index (Phi) is 5.92. The number of aromatic nitrogens is 4. The molecule has 1 unspecified atom stereocenters. The molecule has 0 saturated carbocycles. The zero-order valence-corrected chi connectivity index (χ0v) is 22.0. The Labute approximate surface area is 229 Å². The maximum Gasteiger partial charge on any atom is 0.244 e. The van der Waals surface area contributed by atoms with Gasteiger partial charge in [0.05, 0.1) is 18.3 Å². The van der Waals surface area contributed by atoms with Crippen LogP contribution in [-0.2, 0) is 22.5 Å². The summed E-state index contributed by atoms with van der Waals surface area (Å²) in [5.41, 5.74) is 9.82. The van der Waals surface area contributed by atoms with Gasteiger partial charge in [0.2, 0.25) is 11.8 Å². The minimum atomic E-state index is -0.516. The number of nitrogens with two attached hydrogens (primary N) is 1. The molecule has 1 amide bonds. The minimum absolute atomic E-state index is 0.0253. The number of hydrogen-bond acceptors (Lipinski definition) is 9. The van der Waals surface area contributed by atoms with Crippen LogP contribution in [0.15, 0.2) is 30.6 Å². The molecule has 0 spiro atoms. The molecule has 3 aliphatic rings. The fourth-order valence-electron chi connectivity index (χ4n) is 5.77. The lowest BCUT2D eigenvalue weighted by molar-refractivity contribution is -0.133. The van der Waals surface area contributed by atoms with Crippen LogP contribution in [0, 0.1) is 12.7 Å². The van der Waals surface area contributed by atoms with Gasteiger partial charge in [0.25, 0.3) is 0 Å². The van der Waals surface area contributed by atoms with E-state index in [0.717, 1.165) is 28.8 Å². The molecular weight excluding hydrogens is 515 g/mol. The van der Waals surface area contributed by atoms with E-state index in [2.05, 4.69) is 25.7 Å². The number of halogens is 1. The molecule has 206 valence electrons. The summed E-state index contributed by atoms with van der Waals surface area (Å²) in [5, 5.41) is 12.4. The van der Waals surface area contributed by atoms with Gasteiger partial charge in [-0.3, -0.25) is 9.48 Å². The molecule has 6 heterocycles. The number of amides is 1. The Morgan fingerprint density at radius 3 is 2.90 bits per heavy atom. The third-order valence-electron chi connectivity index (χ3n) is 7.92. The molecule has 7 rings (SSSR count). The molecule has 3 aliphatic heterocycles. The van der Waals surface area contributed by atoms with Crippen molar-refractivity contribution in [1.82, 2.24) is 24.6 Å². The quantitative estimate of drug-likeness (QED) is 0.331. The third-order valence-corrected chi connectivity index (χ3v) is 7.92. The number of carbonyl (C=O) groups is 1. The average Bonchev–Trinajstić information content (AvgIpc) is 3.59. The molecule has 4 aromatic rings. The van der Waals surface area contributed by atoms with Crippen LogP contribution in [0.4, 0.5) is 27.4 Å². The first-order valence-electron chi connectivity index (χ1n) is 13.4. The van der Waals surface area contributed by atoms with Crippen molar-refractivity contribution in [2.24, 2.45) is 0 Å². The molecule has 1 atom stereocenters. The van der Waals surface area contributed by atoms with E-state index in [4.69, 9.17) is 15.2 Å². The Hall–Kier alpha value is -4.45. The fraction of sp³-hybridized carbons (Fsp3) is 0.357. The highest BCUT2D eigenvalue weighted by atomic mass is 19.1. The van der Waals surface area contributed by atoms with E-state index in [1.54, 1.807) is 23.1 Å². The Bertz CT molecular complexity index is 1650. The van der Waals surface area contributed by atoms with Crippen molar-refractivity contribution >= 4 is 39.7 Å². The summed E-state index contributed by atoms with van der Waals surface area (Å²) in [6.45, 7) is 5.21. The molecule has 4 N–H and O–H groups in total. The van der Waals surface area contributed by atoms with Gasteiger partial charge in [-0.1, -0.05) is 0 Å². The highest BCUT2D eigenvalue weighted by molar-refractivity contribution is 5.98. The molecule has 11 nitrogen and oxygen atoms in total. The molecule has 0 aliphatic carbocycles. The average molecular weight is 545 g/mol. The summed E-state index contributed by atoms with van der Waals surface area (Å²) < 4.78 is 28.3. The van der Waals surface area contributed by atoms with Crippen molar-refractivity contribution in [3.8, 4) is 17.0 Å². The molecular formula is C28H29FN8O3. The molecule has 1 fully saturated rings. The van der Waals surface area contributed by atoms with E-state index in [-0.39, 0.29) is 24.2 Å². The van der Waals surface area contributed by atoms with Crippen LogP contribution in [0.25, 0.3) is 21.9 Å². The number of benzene rings is 1. The van der Waals surface area contributed by atoms with Gasteiger partial charge in [0, 0.05) is 66.8 Å². The van der Waals surface area contributed by atoms with Crippen LogP contribution in [0.5, 0.6) is 5.88 Å². The number of carbonyl (C=O) groups excluding carboxylic acids is 1. The molecule has 1 aromatic carbocycles. The Morgan fingerprint density at radius 2 is 2.05 bits per heavy atom. The lowest BCUT2D eigenvalue weighted by Gasteiger charge is -2.26. The van der Waals surface area contributed by atoms with Crippen LogP contribution < -0.4 is 21.1 Å². The predicted octanol–water partition coefficient (Wildman–Crippen LogP) is 3.24. The van der Waals surface area contributed by atoms with Crippen LogP contribution >= 0.6 is 0 Å². The Balaban J connectivity index is 1.17. The van der Waals surface area contributed by atoms with Crippen molar-refractivity contribution in [2.45, 2.75) is 32.4 Å². The van der Waals surface area contributed by atoms with Gasteiger partial charge < -0.3 is 30.7 Å². The molecule has 12 heteroatoms. The second-order valence-electron chi connectivity index (χ2n) is 10.4. The van der Waals surface area contributed by atoms with Crippen molar-refractivity contribution in [1.29, 1.82) is 0 Å². The number of rotatable bonds is 4. The highest BCUT2D eigenvalue weighted by Gasteiger charge is 2.30. The number of fused-ring (bicyclic) bond motifs is 3. The second kappa shape index (κ2) is 9.63. The summed E-state index contributed by atoms with van der Waals surface area (Å²) in [4.78, 5) is 23.7. The standard InChI is InChI=1S/C28H29FN8O3/c1-15-20(11-33-28-27(15)31-4-7-40-28)19-8-16-9-22(32-12-21(16)26(30)25(19)29)34-23-10-17-2-5-36(18-3-6-39-14-18)24(38)13-37(17)35-23/h8-12,18,31H,2-7,13-14,30H2,1H3,(H,32,34,35). The van der Waals surface area contributed by atoms with Gasteiger partial charge in [-0.25, -0.2) is 14.4 Å². The lowest BCUT2D eigenvalue weighted by Crippen LogP contribution is -2.42. The molecule has 3 aromatic heterocycles. The predicted molar refractivity (Wildman–Crippen MR) is 148 cm³/mol. The summed E-state index contributed by atoms with van der Waals surface area (Å²) in [5.74, 6) is 1.16. The molecule has 1 saturated heterocycles. The van der Waals surface area contributed by atoms with E-state index in [0.29, 0.717) is 73.4 Å². The van der Waals surface area contributed by atoms with Crippen LogP contribution in [0.1, 0.15) is 17.7 Å². The molecule has 40 heavy (non-hydrogen) atoms. The van der Waals surface area contributed by atoms with Crippen molar-refractivity contribution in [3.63, 3.8) is 0 Å². The minimum Gasteiger partial charge on any atom is -0.474 e. The van der Waals surface area contributed by atoms with Gasteiger partial charge in [-0.05, 0) is 36.4 Å². The van der Waals surface area contributed by atoms with E-state index in [1.165, 1.54) is 0 Å². The van der Waals surface area contributed by atoms with Crippen LogP contribution in [-0.4, -0.2) is 69.5 Å². The van der Waals surface area contributed by atoms with Gasteiger partial charge in [0.1, 0.15) is 24.7 Å². The zero-order valence-electron chi connectivity index (χ0n) is 22.0. The summed E-state index contributed by atoms with van der Waals surface area (Å²) in [6.07, 6.45) is 4.75. The Morgan fingerprint density at radius 1 is 1.15 bits per heavy atom.